The molecule has 54 heavy (non-hydrogen) atoms. The summed E-state index contributed by atoms with van der Waals surface area (Å²) < 4.78 is 27.2. The highest BCUT2D eigenvalue weighted by Crippen LogP contribution is 2.50. The predicted molar refractivity (Wildman–Crippen MR) is 201 cm³/mol. The lowest BCUT2D eigenvalue weighted by Gasteiger charge is -2.31. The zero-order valence-corrected chi connectivity index (χ0v) is 30.9. The number of aromatic nitrogens is 4. The Morgan fingerprint density at radius 3 is 1.91 bits per heavy atom. The number of nitrogens with two attached hydrogens (primary N) is 1. The maximum absolute atomic E-state index is 15.7. The zero-order valence-electron chi connectivity index (χ0n) is 30.9. The molecule has 0 spiro atoms. The van der Waals surface area contributed by atoms with Crippen LogP contribution >= 0.6 is 0 Å². The molecule has 0 radical (unpaired) electrons. The molecule has 6 aliphatic carbocycles. The minimum atomic E-state index is -0.999. The topological polar surface area (TPSA) is 160 Å². The first-order valence-corrected chi connectivity index (χ1v) is 20.5. The second kappa shape index (κ2) is 13.8. The molecule has 6 saturated carbocycles. The quantitative estimate of drug-likeness (QED) is 0.106. The Labute approximate surface area is 315 Å². The van der Waals surface area contributed by atoms with Gasteiger partial charge in [0.15, 0.2) is 11.6 Å². The van der Waals surface area contributed by atoms with Crippen LogP contribution in [0.1, 0.15) is 135 Å². The summed E-state index contributed by atoms with van der Waals surface area (Å²) in [7, 11) is 0. The molecule has 0 bridgehead atoms. The van der Waals surface area contributed by atoms with Crippen molar-refractivity contribution in [3.8, 4) is 0 Å². The molecule has 11 nitrogen and oxygen atoms in total. The molecule has 6 fully saturated rings. The molecular formula is C42H53FN8O3. The van der Waals surface area contributed by atoms with E-state index in [4.69, 9.17) is 24.7 Å². The van der Waals surface area contributed by atoms with Gasteiger partial charge in [0.2, 0.25) is 11.8 Å². The molecule has 12 heteroatoms. The van der Waals surface area contributed by atoms with Crippen LogP contribution in [0, 0.1) is 0 Å². The molecule has 2 aromatic carbocycles. The van der Waals surface area contributed by atoms with Crippen LogP contribution in [0.2, 0.25) is 0 Å². The smallest absolute Gasteiger partial charge is 0.229 e. The normalized spacial score (nSPS) is 34.6. The Kier molecular flexibility index (Phi) is 8.88. The van der Waals surface area contributed by atoms with Gasteiger partial charge in [0, 0.05) is 71.4 Å². The van der Waals surface area contributed by atoms with E-state index in [-0.39, 0.29) is 34.7 Å². The van der Waals surface area contributed by atoms with Gasteiger partial charge in [0.05, 0.1) is 12.1 Å². The Balaban J connectivity index is 0.690. The number of rotatable bonds is 14. The first-order valence-electron chi connectivity index (χ1n) is 20.5. The van der Waals surface area contributed by atoms with Crippen molar-refractivity contribution < 1.29 is 18.5 Å². The second-order valence-electron chi connectivity index (χ2n) is 17.7. The highest BCUT2D eigenvalue weighted by atomic mass is 19.1. The summed E-state index contributed by atoms with van der Waals surface area (Å²) in [4.78, 5) is 9.69. The minimum Gasteiger partial charge on any atom is -0.391 e. The van der Waals surface area contributed by atoms with Crippen LogP contribution in [-0.2, 0) is 10.8 Å². The number of hydrogen-bond donors (Lipinski definition) is 5. The van der Waals surface area contributed by atoms with Crippen LogP contribution in [-0.4, -0.2) is 74.9 Å². The average Bonchev–Trinajstić information content (AvgIpc) is 4.09. The van der Waals surface area contributed by atoms with Crippen molar-refractivity contribution in [1.82, 2.24) is 30.9 Å². The lowest BCUT2D eigenvalue weighted by molar-refractivity contribution is 0.0910. The third kappa shape index (κ3) is 6.99. The summed E-state index contributed by atoms with van der Waals surface area (Å²) in [6.07, 6.45) is 9.08. The van der Waals surface area contributed by atoms with Gasteiger partial charge in [-0.2, -0.15) is 9.97 Å². The van der Waals surface area contributed by atoms with Crippen LogP contribution in [0.4, 0.5) is 10.1 Å². The Morgan fingerprint density at radius 2 is 1.30 bits per heavy atom. The summed E-state index contributed by atoms with van der Waals surface area (Å²) in [6.45, 7) is 1.69. The zero-order chi connectivity index (χ0) is 36.4. The Bertz CT molecular complexity index is 1930. The van der Waals surface area contributed by atoms with E-state index >= 15 is 4.39 Å². The molecule has 10 rings (SSSR count). The van der Waals surface area contributed by atoms with E-state index < -0.39 is 12.3 Å². The molecule has 0 amide bonds. The van der Waals surface area contributed by atoms with E-state index in [1.807, 2.05) is 0 Å². The van der Waals surface area contributed by atoms with Crippen LogP contribution in [0.5, 0.6) is 0 Å². The summed E-state index contributed by atoms with van der Waals surface area (Å²) in [6, 6.07) is 19.7. The SMILES string of the molecule is NC1CCC(c2nc(C3(CN[C@@H]4C[C@H]4c4cccc(NC5CCC(c6nc(C7(CN[C@@H]8C[C@H]8c8ccccc8)CC7)no6)CC5F)c4)CC3)no2)CC1O. The molecule has 10 atom stereocenters. The summed E-state index contributed by atoms with van der Waals surface area (Å²) in [5, 5.41) is 30.1. The van der Waals surface area contributed by atoms with Gasteiger partial charge in [-0.1, -0.05) is 52.8 Å². The third-order valence-corrected chi connectivity index (χ3v) is 13.8. The van der Waals surface area contributed by atoms with Gasteiger partial charge in [-0.15, -0.1) is 0 Å². The molecule has 286 valence electrons. The van der Waals surface area contributed by atoms with E-state index in [1.54, 1.807) is 0 Å². The van der Waals surface area contributed by atoms with Crippen molar-refractivity contribution in [2.75, 3.05) is 18.4 Å². The fourth-order valence-corrected chi connectivity index (χ4v) is 9.39. The molecule has 0 aliphatic heterocycles. The van der Waals surface area contributed by atoms with Crippen LogP contribution in [0.15, 0.2) is 63.6 Å². The van der Waals surface area contributed by atoms with Crippen LogP contribution in [0.25, 0.3) is 0 Å². The van der Waals surface area contributed by atoms with Crippen LogP contribution in [0.3, 0.4) is 0 Å². The Hall–Kier alpha value is -3.71. The molecule has 2 heterocycles. The molecule has 2 aromatic heterocycles. The van der Waals surface area contributed by atoms with Crippen LogP contribution < -0.4 is 21.7 Å². The standard InChI is InChI=1S/C42H53FN8O3/c43-31-18-26(37-48-39(50-53-37)41(13-14-41)22-45-34-20-29(34)24-5-2-1-3-6-24)10-12-33(31)47-28-8-4-7-25(17-28)30-21-35(30)46-23-42(15-16-42)40-49-38(54-51-40)27-9-11-32(44)36(52)19-27/h1-8,17,26-27,29-36,45-47,52H,9-16,18-23,44H2/t26?,27?,29-,30-,31?,32?,33?,34+,35+,36?/m0/s1. The van der Waals surface area contributed by atoms with E-state index in [0.717, 1.165) is 81.8 Å². The fourth-order valence-electron chi connectivity index (χ4n) is 9.39. The number of benzene rings is 2. The van der Waals surface area contributed by atoms with Crippen molar-refractivity contribution in [3.63, 3.8) is 0 Å². The largest absolute Gasteiger partial charge is 0.391 e. The number of alkyl halides is 1. The number of anilines is 1. The molecule has 4 aromatic rings. The lowest BCUT2D eigenvalue weighted by atomic mass is 9.84. The highest BCUT2D eigenvalue weighted by Gasteiger charge is 2.52. The van der Waals surface area contributed by atoms with E-state index in [9.17, 15) is 5.11 Å². The van der Waals surface area contributed by atoms with E-state index in [1.165, 1.54) is 17.5 Å². The number of nitrogens with one attached hydrogen (secondary N) is 3. The number of halogens is 1. The molecule has 6 aliphatic rings. The van der Waals surface area contributed by atoms with Gasteiger partial charge in [-0.25, -0.2) is 4.39 Å². The van der Waals surface area contributed by atoms with E-state index in [0.29, 0.717) is 55.0 Å². The maximum atomic E-state index is 15.7. The molecule has 6 unspecified atom stereocenters. The van der Waals surface area contributed by atoms with Crippen molar-refractivity contribution >= 4 is 5.69 Å². The first kappa shape index (κ1) is 34.8. The molecule has 0 saturated heterocycles. The van der Waals surface area contributed by atoms with Crippen molar-refractivity contribution in [1.29, 1.82) is 0 Å². The predicted octanol–water partition coefficient (Wildman–Crippen LogP) is 5.85. The number of nitrogens with zero attached hydrogens (tertiary/aromatic N) is 4. The number of aliphatic hydroxyl groups excluding tert-OH is 1. The maximum Gasteiger partial charge on any atom is 0.229 e. The summed E-state index contributed by atoms with van der Waals surface area (Å²) in [5.41, 5.74) is 9.54. The van der Waals surface area contributed by atoms with E-state index in [2.05, 4.69) is 80.9 Å². The molecular weight excluding hydrogens is 684 g/mol. The van der Waals surface area contributed by atoms with Gasteiger partial charge in [0.1, 0.15) is 6.17 Å². The first-order chi connectivity index (χ1) is 26.3. The fraction of sp³-hybridized carbons (Fsp3) is 0.619. The molecule has 6 N–H and O–H groups in total. The van der Waals surface area contributed by atoms with Gasteiger partial charge >= 0.3 is 0 Å². The third-order valence-electron chi connectivity index (χ3n) is 13.8. The van der Waals surface area contributed by atoms with Gasteiger partial charge < -0.3 is 35.8 Å². The van der Waals surface area contributed by atoms with Crippen molar-refractivity contribution in [2.24, 2.45) is 5.73 Å². The van der Waals surface area contributed by atoms with Crippen molar-refractivity contribution in [3.05, 3.63) is 89.2 Å². The second-order valence-corrected chi connectivity index (χ2v) is 17.7. The lowest BCUT2D eigenvalue weighted by Crippen LogP contribution is -2.39. The van der Waals surface area contributed by atoms with Gasteiger partial charge in [-0.3, -0.25) is 0 Å². The monoisotopic (exact) mass is 736 g/mol. The summed E-state index contributed by atoms with van der Waals surface area (Å²) >= 11 is 0. The highest BCUT2D eigenvalue weighted by molar-refractivity contribution is 5.49. The minimum absolute atomic E-state index is 0.0474. The number of hydrogen-bond acceptors (Lipinski definition) is 11. The summed E-state index contributed by atoms with van der Waals surface area (Å²) in [5.74, 6) is 3.87. The van der Waals surface area contributed by atoms with Crippen molar-refractivity contribution in [2.45, 2.75) is 148 Å². The van der Waals surface area contributed by atoms with Gasteiger partial charge in [-0.05, 0) is 100 Å². The number of aliphatic hydroxyl groups is 1. The van der Waals surface area contributed by atoms with Gasteiger partial charge in [0.25, 0.3) is 0 Å². The Morgan fingerprint density at radius 1 is 0.704 bits per heavy atom. The average molecular weight is 737 g/mol.